The molecule has 7 nitrogen and oxygen atoms in total. The van der Waals surface area contributed by atoms with Gasteiger partial charge >= 0.3 is 0 Å². The van der Waals surface area contributed by atoms with Crippen molar-refractivity contribution in [1.82, 2.24) is 29.1 Å². The maximum atomic E-state index is 12.7. The summed E-state index contributed by atoms with van der Waals surface area (Å²) in [6.07, 6.45) is 3.76. The number of aromatic nitrogens is 4. The zero-order valence-electron chi connectivity index (χ0n) is 15.5. The molecule has 0 aliphatic carbocycles. The lowest BCUT2D eigenvalue weighted by Gasteiger charge is -2.32. The minimum atomic E-state index is 0.186. The molecule has 2 aromatic heterocycles. The Morgan fingerprint density at radius 2 is 1.92 bits per heavy atom. The number of rotatable bonds is 3. The summed E-state index contributed by atoms with van der Waals surface area (Å²) in [6, 6.07) is 6.19. The van der Waals surface area contributed by atoms with Gasteiger partial charge in [-0.1, -0.05) is 0 Å². The van der Waals surface area contributed by atoms with Crippen molar-refractivity contribution in [3.8, 4) is 11.4 Å². The predicted molar refractivity (Wildman–Crippen MR) is 101 cm³/mol. The van der Waals surface area contributed by atoms with E-state index in [-0.39, 0.29) is 5.91 Å². The van der Waals surface area contributed by atoms with Crippen LogP contribution >= 0.6 is 0 Å². The van der Waals surface area contributed by atoms with Crippen molar-refractivity contribution in [2.24, 2.45) is 7.05 Å². The molecule has 1 fully saturated rings. The zero-order valence-corrected chi connectivity index (χ0v) is 15.5. The maximum absolute atomic E-state index is 12.7. The second kappa shape index (κ2) is 6.57. The Kier molecular flexibility index (Phi) is 4.24. The van der Waals surface area contributed by atoms with Crippen LogP contribution in [0.2, 0.25) is 0 Å². The van der Waals surface area contributed by atoms with Crippen LogP contribution in [0.25, 0.3) is 22.3 Å². The number of benzene rings is 1. The Hall–Kier alpha value is -2.67. The van der Waals surface area contributed by atoms with Crippen LogP contribution in [-0.2, 0) is 18.4 Å². The highest BCUT2D eigenvalue weighted by Crippen LogP contribution is 2.26. The topological polar surface area (TPSA) is 59.2 Å². The van der Waals surface area contributed by atoms with Crippen molar-refractivity contribution in [2.75, 3.05) is 33.2 Å². The fourth-order valence-corrected chi connectivity index (χ4v) is 3.52. The highest BCUT2D eigenvalue weighted by atomic mass is 16.2. The van der Waals surface area contributed by atoms with Crippen LogP contribution in [0.5, 0.6) is 0 Å². The van der Waals surface area contributed by atoms with Crippen LogP contribution in [0.15, 0.2) is 30.7 Å². The van der Waals surface area contributed by atoms with E-state index in [1.165, 1.54) is 0 Å². The largest absolute Gasteiger partial charge is 0.339 e. The van der Waals surface area contributed by atoms with Gasteiger partial charge in [0.05, 0.1) is 0 Å². The summed E-state index contributed by atoms with van der Waals surface area (Å²) in [5, 5.41) is 5.51. The third-order valence-electron chi connectivity index (χ3n) is 5.10. The molecule has 1 saturated heterocycles. The molecule has 0 atom stereocenters. The Bertz CT molecular complexity index is 948. The van der Waals surface area contributed by atoms with Crippen molar-refractivity contribution in [1.29, 1.82) is 0 Å². The van der Waals surface area contributed by atoms with Crippen LogP contribution in [0.3, 0.4) is 0 Å². The Morgan fingerprint density at radius 1 is 1.15 bits per heavy atom. The third kappa shape index (κ3) is 3.10. The number of hydrogen-bond donors (Lipinski definition) is 0. The molecule has 0 radical (unpaired) electrons. The lowest BCUT2D eigenvalue weighted by atomic mass is 10.1. The van der Waals surface area contributed by atoms with Gasteiger partial charge in [-0.25, -0.2) is 4.98 Å². The highest BCUT2D eigenvalue weighted by molar-refractivity contribution is 5.89. The first kappa shape index (κ1) is 16.8. The van der Waals surface area contributed by atoms with Gasteiger partial charge in [-0.3, -0.25) is 9.48 Å². The second-order valence-electron chi connectivity index (χ2n) is 7.10. The Labute approximate surface area is 152 Å². The molecule has 0 unspecified atom stereocenters. The van der Waals surface area contributed by atoms with Gasteiger partial charge in [-0.2, -0.15) is 5.10 Å². The molecule has 1 aromatic carbocycles. The van der Waals surface area contributed by atoms with Gasteiger partial charge in [0.25, 0.3) is 0 Å². The number of carbonyl (C=O) groups is 1. The van der Waals surface area contributed by atoms with Crippen molar-refractivity contribution < 1.29 is 4.79 Å². The summed E-state index contributed by atoms with van der Waals surface area (Å²) in [6.45, 7) is 5.96. The van der Waals surface area contributed by atoms with Gasteiger partial charge in [0, 0.05) is 55.9 Å². The van der Waals surface area contributed by atoms with Crippen molar-refractivity contribution in [3.05, 3.63) is 36.3 Å². The summed E-state index contributed by atoms with van der Waals surface area (Å²) in [4.78, 5) is 21.2. The van der Waals surface area contributed by atoms with Crippen LogP contribution in [0, 0.1) is 6.92 Å². The highest BCUT2D eigenvalue weighted by Gasteiger charge is 2.20. The molecule has 4 rings (SSSR count). The maximum Gasteiger partial charge on any atom is 0.242 e. The standard InChI is InChI=1S/C19H24N6O/c1-14-11-25(12-18(26)24-8-6-22(2)7-9-24)17-5-4-15(10-16(14)17)19-20-13-23(3)21-19/h4-5,10-11,13H,6-9,12H2,1-3H3. The summed E-state index contributed by atoms with van der Waals surface area (Å²) in [5.74, 6) is 0.903. The minimum absolute atomic E-state index is 0.186. The molecule has 1 aliphatic rings. The Balaban J connectivity index is 1.59. The lowest BCUT2D eigenvalue weighted by molar-refractivity contribution is -0.133. The normalized spacial score (nSPS) is 15.7. The summed E-state index contributed by atoms with van der Waals surface area (Å²) in [5.41, 5.74) is 3.22. The van der Waals surface area contributed by atoms with Crippen molar-refractivity contribution in [3.63, 3.8) is 0 Å². The zero-order chi connectivity index (χ0) is 18.3. The van der Waals surface area contributed by atoms with Crippen molar-refractivity contribution >= 4 is 16.8 Å². The van der Waals surface area contributed by atoms with E-state index in [0.29, 0.717) is 6.54 Å². The van der Waals surface area contributed by atoms with Crippen LogP contribution < -0.4 is 0 Å². The van der Waals surface area contributed by atoms with E-state index in [4.69, 9.17) is 0 Å². The van der Waals surface area contributed by atoms with Crippen LogP contribution in [0.1, 0.15) is 5.56 Å². The lowest BCUT2D eigenvalue weighted by Crippen LogP contribution is -2.48. The number of aryl methyl sites for hydroxylation is 2. The SMILES string of the molecule is Cc1cn(CC(=O)N2CCN(C)CC2)c2ccc(-c3ncn(C)n3)cc12. The summed E-state index contributed by atoms with van der Waals surface area (Å²) in [7, 11) is 3.96. The van der Waals surface area contributed by atoms with E-state index in [2.05, 4.69) is 51.9 Å². The minimum Gasteiger partial charge on any atom is -0.339 e. The molecule has 3 heterocycles. The molecule has 3 aromatic rings. The molecular formula is C19H24N6O. The van der Waals surface area contributed by atoms with E-state index >= 15 is 0 Å². The summed E-state index contributed by atoms with van der Waals surface area (Å²) < 4.78 is 3.76. The van der Waals surface area contributed by atoms with E-state index in [0.717, 1.165) is 54.0 Å². The van der Waals surface area contributed by atoms with Gasteiger partial charge in [0.1, 0.15) is 12.9 Å². The average Bonchev–Trinajstić information content (AvgIpc) is 3.19. The fraction of sp³-hybridized carbons (Fsp3) is 0.421. The van der Waals surface area contributed by atoms with E-state index < -0.39 is 0 Å². The molecule has 26 heavy (non-hydrogen) atoms. The molecular weight excluding hydrogens is 328 g/mol. The molecule has 0 N–H and O–H groups in total. The predicted octanol–water partition coefficient (Wildman–Crippen LogP) is 1.52. The van der Waals surface area contributed by atoms with E-state index in [1.54, 1.807) is 11.0 Å². The van der Waals surface area contributed by atoms with Gasteiger partial charge < -0.3 is 14.4 Å². The first-order valence-electron chi connectivity index (χ1n) is 8.93. The number of likely N-dealkylation sites (N-methyl/N-ethyl adjacent to an activating group) is 1. The number of piperazine rings is 1. The fourth-order valence-electron chi connectivity index (χ4n) is 3.52. The molecule has 0 bridgehead atoms. The molecule has 1 aliphatic heterocycles. The smallest absolute Gasteiger partial charge is 0.242 e. The second-order valence-corrected chi connectivity index (χ2v) is 7.10. The van der Waals surface area contributed by atoms with Crippen LogP contribution in [-0.4, -0.2) is 68.3 Å². The van der Waals surface area contributed by atoms with Gasteiger partial charge in [0.2, 0.25) is 5.91 Å². The van der Waals surface area contributed by atoms with Gasteiger partial charge in [0.15, 0.2) is 5.82 Å². The van der Waals surface area contributed by atoms with E-state index in [1.807, 2.05) is 18.0 Å². The monoisotopic (exact) mass is 352 g/mol. The summed E-state index contributed by atoms with van der Waals surface area (Å²) >= 11 is 0. The number of fused-ring (bicyclic) bond motifs is 1. The molecule has 7 heteroatoms. The molecule has 0 saturated carbocycles. The van der Waals surface area contributed by atoms with Crippen LogP contribution in [0.4, 0.5) is 0 Å². The average molecular weight is 352 g/mol. The van der Waals surface area contributed by atoms with Crippen molar-refractivity contribution in [2.45, 2.75) is 13.5 Å². The van der Waals surface area contributed by atoms with Gasteiger partial charge in [-0.05, 0) is 37.7 Å². The molecule has 1 amide bonds. The first-order chi connectivity index (χ1) is 12.5. The van der Waals surface area contributed by atoms with Gasteiger partial charge in [-0.15, -0.1) is 0 Å². The third-order valence-corrected chi connectivity index (χ3v) is 5.10. The number of nitrogens with zero attached hydrogens (tertiary/aromatic N) is 6. The first-order valence-corrected chi connectivity index (χ1v) is 8.93. The number of carbonyl (C=O) groups excluding carboxylic acids is 1. The molecule has 0 spiro atoms. The number of hydrogen-bond acceptors (Lipinski definition) is 4. The molecule has 136 valence electrons. The Morgan fingerprint density at radius 3 is 2.62 bits per heavy atom. The van der Waals surface area contributed by atoms with E-state index in [9.17, 15) is 4.79 Å². The number of amides is 1. The quantitative estimate of drug-likeness (QED) is 0.717.